The molecule has 0 bridgehead atoms. The van der Waals surface area contributed by atoms with E-state index in [4.69, 9.17) is 14.6 Å². The van der Waals surface area contributed by atoms with Crippen LogP contribution in [0.5, 0.6) is 0 Å². The highest BCUT2D eigenvalue weighted by molar-refractivity contribution is 4.94. The van der Waals surface area contributed by atoms with Crippen LogP contribution in [0.4, 0.5) is 0 Å². The van der Waals surface area contributed by atoms with Crippen LogP contribution in [0, 0.1) is 5.41 Å². The molecule has 0 aromatic heterocycles. The first-order valence-corrected chi connectivity index (χ1v) is 6.31. The van der Waals surface area contributed by atoms with E-state index in [-0.39, 0.29) is 6.29 Å². The Morgan fingerprint density at radius 2 is 1.88 bits per heavy atom. The molecule has 0 atom stereocenters. The normalized spacial score (nSPS) is 18.0. The van der Waals surface area contributed by atoms with Crippen molar-refractivity contribution >= 4 is 0 Å². The average molecular weight is 231 g/mol. The molecule has 0 amide bonds. The molecular weight excluding hydrogens is 206 g/mol. The van der Waals surface area contributed by atoms with Gasteiger partial charge in [-0.1, -0.05) is 0 Å². The van der Waals surface area contributed by atoms with Crippen LogP contribution in [-0.4, -0.2) is 44.3 Å². The van der Waals surface area contributed by atoms with Gasteiger partial charge in [-0.25, -0.2) is 0 Å². The maximum atomic E-state index is 8.94. The Hall–Kier alpha value is -0.160. The van der Waals surface area contributed by atoms with E-state index in [1.54, 1.807) is 0 Å². The monoisotopic (exact) mass is 231 g/mol. The van der Waals surface area contributed by atoms with Crippen molar-refractivity contribution in [3.05, 3.63) is 0 Å². The van der Waals surface area contributed by atoms with Crippen LogP contribution in [0.3, 0.4) is 0 Å². The molecule has 1 aliphatic rings. The highest BCUT2D eigenvalue weighted by Gasteiger charge is 2.41. The maximum Gasteiger partial charge on any atom is 0.169 e. The van der Waals surface area contributed by atoms with Gasteiger partial charge in [-0.2, -0.15) is 0 Å². The van der Waals surface area contributed by atoms with Crippen LogP contribution in [0.2, 0.25) is 0 Å². The fourth-order valence-electron chi connectivity index (χ4n) is 1.92. The lowest BCUT2D eigenvalue weighted by Crippen LogP contribution is -2.35. The van der Waals surface area contributed by atoms with Crippen molar-refractivity contribution in [3.8, 4) is 0 Å². The van der Waals surface area contributed by atoms with Crippen molar-refractivity contribution in [2.75, 3.05) is 32.9 Å². The Morgan fingerprint density at radius 1 is 1.25 bits per heavy atom. The van der Waals surface area contributed by atoms with Crippen molar-refractivity contribution in [3.63, 3.8) is 0 Å². The summed E-state index contributed by atoms with van der Waals surface area (Å²) in [4.78, 5) is 0. The predicted molar refractivity (Wildman–Crippen MR) is 63.3 cm³/mol. The van der Waals surface area contributed by atoms with Gasteiger partial charge in [0.15, 0.2) is 6.29 Å². The van der Waals surface area contributed by atoms with E-state index < -0.39 is 0 Å². The van der Waals surface area contributed by atoms with Gasteiger partial charge >= 0.3 is 0 Å². The second kappa shape index (κ2) is 7.22. The van der Waals surface area contributed by atoms with Crippen molar-refractivity contribution in [2.45, 2.75) is 39.4 Å². The maximum absolute atomic E-state index is 8.94. The van der Waals surface area contributed by atoms with Crippen molar-refractivity contribution in [1.82, 2.24) is 5.32 Å². The van der Waals surface area contributed by atoms with E-state index in [9.17, 15) is 0 Å². The summed E-state index contributed by atoms with van der Waals surface area (Å²) in [7, 11) is 0. The third kappa shape index (κ3) is 4.78. The van der Waals surface area contributed by atoms with Crippen LogP contribution in [0.15, 0.2) is 0 Å². The van der Waals surface area contributed by atoms with Crippen molar-refractivity contribution in [2.24, 2.45) is 5.41 Å². The minimum absolute atomic E-state index is 0.139. The average Bonchev–Trinajstić information content (AvgIpc) is 2.99. The smallest absolute Gasteiger partial charge is 0.169 e. The molecule has 96 valence electrons. The van der Waals surface area contributed by atoms with E-state index in [0.717, 1.165) is 19.5 Å². The molecule has 0 unspecified atom stereocenters. The van der Waals surface area contributed by atoms with Gasteiger partial charge in [-0.15, -0.1) is 0 Å². The Labute approximate surface area is 98.3 Å². The number of aliphatic hydroxyl groups is 1. The molecular formula is C12H25NO3. The van der Waals surface area contributed by atoms with Crippen LogP contribution >= 0.6 is 0 Å². The molecule has 0 aromatic carbocycles. The van der Waals surface area contributed by atoms with E-state index in [2.05, 4.69) is 5.32 Å². The molecule has 0 aromatic rings. The minimum atomic E-state index is -0.139. The molecule has 0 radical (unpaired) electrons. The molecule has 0 spiro atoms. The van der Waals surface area contributed by atoms with Crippen molar-refractivity contribution < 1.29 is 14.6 Å². The van der Waals surface area contributed by atoms with Crippen LogP contribution in [0.25, 0.3) is 0 Å². The lowest BCUT2D eigenvalue weighted by Gasteiger charge is -2.20. The van der Waals surface area contributed by atoms with Crippen LogP contribution in [-0.2, 0) is 9.47 Å². The van der Waals surface area contributed by atoms with E-state index in [1.165, 1.54) is 12.8 Å². The molecule has 0 heterocycles. The summed E-state index contributed by atoms with van der Waals surface area (Å²) in [6.07, 6.45) is 3.23. The van der Waals surface area contributed by atoms with Gasteiger partial charge in [0.05, 0.1) is 0 Å². The first kappa shape index (κ1) is 13.9. The molecule has 16 heavy (non-hydrogen) atoms. The summed E-state index contributed by atoms with van der Waals surface area (Å²) in [5.74, 6) is 0. The van der Waals surface area contributed by atoms with Crippen LogP contribution < -0.4 is 5.32 Å². The summed E-state index contributed by atoms with van der Waals surface area (Å²) < 4.78 is 10.9. The number of rotatable bonds is 10. The summed E-state index contributed by atoms with van der Waals surface area (Å²) >= 11 is 0. The lowest BCUT2D eigenvalue weighted by atomic mass is 10.0. The number of ether oxygens (including phenoxy) is 2. The summed E-state index contributed by atoms with van der Waals surface area (Å²) in [5, 5.41) is 12.3. The zero-order valence-corrected chi connectivity index (χ0v) is 10.5. The third-order valence-electron chi connectivity index (χ3n) is 3.12. The molecule has 1 saturated carbocycles. The first-order valence-electron chi connectivity index (χ1n) is 6.31. The number of hydrogen-bond donors (Lipinski definition) is 2. The van der Waals surface area contributed by atoms with Gasteiger partial charge in [-0.3, -0.25) is 0 Å². The van der Waals surface area contributed by atoms with Gasteiger partial charge in [-0.05, 0) is 38.5 Å². The Morgan fingerprint density at radius 3 is 2.31 bits per heavy atom. The zero-order chi connectivity index (χ0) is 11.9. The highest BCUT2D eigenvalue weighted by Crippen LogP contribution is 2.47. The Bertz CT molecular complexity index is 177. The third-order valence-corrected chi connectivity index (χ3v) is 3.12. The minimum Gasteiger partial charge on any atom is -0.396 e. The van der Waals surface area contributed by atoms with Crippen molar-refractivity contribution in [1.29, 1.82) is 0 Å². The SMILES string of the molecule is CCOC(CNCC1(CCO)CC1)OCC. The summed E-state index contributed by atoms with van der Waals surface area (Å²) in [5.41, 5.74) is 0.359. The molecule has 0 saturated heterocycles. The molecule has 0 aliphatic heterocycles. The van der Waals surface area contributed by atoms with E-state index >= 15 is 0 Å². The van der Waals surface area contributed by atoms with Gasteiger partial charge in [0.1, 0.15) is 0 Å². The molecule has 2 N–H and O–H groups in total. The molecule has 1 aliphatic carbocycles. The second-order valence-corrected chi connectivity index (χ2v) is 4.44. The molecule has 4 heteroatoms. The standard InChI is InChI=1S/C12H25NO3/c1-3-15-11(16-4-2)9-13-10-12(5-6-12)7-8-14/h11,13-14H,3-10H2,1-2H3. The molecule has 1 fully saturated rings. The predicted octanol–water partition coefficient (Wildman–Crippen LogP) is 1.14. The molecule has 1 rings (SSSR count). The Kier molecular flexibility index (Phi) is 6.28. The lowest BCUT2D eigenvalue weighted by molar-refractivity contribution is -0.133. The second-order valence-electron chi connectivity index (χ2n) is 4.44. The van der Waals surface area contributed by atoms with Gasteiger partial charge in [0.25, 0.3) is 0 Å². The largest absolute Gasteiger partial charge is 0.396 e. The fourth-order valence-corrected chi connectivity index (χ4v) is 1.92. The highest BCUT2D eigenvalue weighted by atomic mass is 16.7. The summed E-state index contributed by atoms with van der Waals surface area (Å²) in [6.45, 7) is 7.28. The van der Waals surface area contributed by atoms with Gasteiger partial charge < -0.3 is 19.9 Å². The topological polar surface area (TPSA) is 50.7 Å². The van der Waals surface area contributed by atoms with Gasteiger partial charge in [0.2, 0.25) is 0 Å². The molecule has 4 nitrogen and oxygen atoms in total. The number of aliphatic hydroxyl groups excluding tert-OH is 1. The fraction of sp³-hybridized carbons (Fsp3) is 1.00. The zero-order valence-electron chi connectivity index (χ0n) is 10.5. The number of hydrogen-bond acceptors (Lipinski definition) is 4. The quantitative estimate of drug-likeness (QED) is 0.554. The first-order chi connectivity index (χ1) is 7.76. The van der Waals surface area contributed by atoms with E-state index in [0.29, 0.717) is 25.2 Å². The Balaban J connectivity index is 2.12. The van der Waals surface area contributed by atoms with E-state index in [1.807, 2.05) is 13.8 Å². The van der Waals surface area contributed by atoms with Gasteiger partial charge in [0, 0.05) is 32.9 Å². The summed E-state index contributed by atoms with van der Waals surface area (Å²) in [6, 6.07) is 0. The number of nitrogens with one attached hydrogen (secondary N) is 1. The van der Waals surface area contributed by atoms with Crippen LogP contribution in [0.1, 0.15) is 33.1 Å².